The second-order valence-corrected chi connectivity index (χ2v) is 10.6. The number of aliphatic hydroxyl groups is 1. The van der Waals surface area contributed by atoms with Gasteiger partial charge in [0.15, 0.2) is 0 Å². The van der Waals surface area contributed by atoms with E-state index in [0.717, 1.165) is 4.90 Å². The fraction of sp³-hybridized carbons (Fsp3) is 0.800. The molecule has 169 valence electrons. The van der Waals surface area contributed by atoms with Crippen LogP contribution >= 0.6 is 23.5 Å². The van der Waals surface area contributed by atoms with Crippen molar-refractivity contribution < 1.29 is 65.8 Å². The summed E-state index contributed by atoms with van der Waals surface area (Å²) in [6.45, 7) is 0.711. The second kappa shape index (κ2) is 10.5. The van der Waals surface area contributed by atoms with Crippen LogP contribution in [0.25, 0.3) is 0 Å². The van der Waals surface area contributed by atoms with Crippen LogP contribution in [0.5, 0.6) is 0 Å². The van der Waals surface area contributed by atoms with Crippen LogP contribution in [0.2, 0.25) is 0 Å². The Morgan fingerprint density at radius 1 is 1.13 bits per heavy atom. The van der Waals surface area contributed by atoms with Crippen molar-refractivity contribution in [2.75, 3.05) is 13.2 Å². The van der Waals surface area contributed by atoms with E-state index in [4.69, 9.17) is 19.4 Å². The fourth-order valence-corrected chi connectivity index (χ4v) is 5.57. The number of carbonyl (C=O) groups is 2. The number of ether oxygens (including phenoxy) is 1. The van der Waals surface area contributed by atoms with Gasteiger partial charge in [-0.1, -0.05) is 6.92 Å². The molecule has 0 aromatic carbocycles. The van der Waals surface area contributed by atoms with Crippen molar-refractivity contribution in [3.8, 4) is 0 Å². The van der Waals surface area contributed by atoms with Crippen molar-refractivity contribution in [1.82, 2.24) is 10.2 Å². The number of urea groups is 1. The number of phosphoric ester groups is 1. The van der Waals surface area contributed by atoms with E-state index in [0.29, 0.717) is 0 Å². The summed E-state index contributed by atoms with van der Waals surface area (Å²) in [7, 11) is -16.6. The maximum atomic E-state index is 11.9. The predicted octanol–water partition coefficient (Wildman–Crippen LogP) is -1.39. The van der Waals surface area contributed by atoms with E-state index in [1.165, 1.54) is 0 Å². The number of hydrogen-bond donors (Lipinski definition) is 6. The van der Waals surface area contributed by atoms with Crippen molar-refractivity contribution in [1.29, 1.82) is 0 Å². The van der Waals surface area contributed by atoms with E-state index in [1.54, 1.807) is 6.92 Å². The number of phosphoric acid groups is 3. The van der Waals surface area contributed by atoms with Crippen LogP contribution in [0.15, 0.2) is 0 Å². The third-order valence-corrected chi connectivity index (χ3v) is 7.58. The Bertz CT molecular complexity index is 805. The minimum Gasteiger partial charge on any atom is -0.390 e. The molecule has 3 amide bonds. The Morgan fingerprint density at radius 3 is 2.30 bits per heavy atom. The van der Waals surface area contributed by atoms with Crippen LogP contribution in [-0.2, 0) is 36.4 Å². The minimum absolute atomic E-state index is 0. The van der Waals surface area contributed by atoms with Crippen LogP contribution in [0, 0.1) is 5.92 Å². The zero-order valence-corrected chi connectivity index (χ0v) is 20.3. The maximum Gasteiger partial charge on any atom is 0.490 e. The molecular formula is C10H19N2NaO14P3. The molecule has 2 heterocycles. The van der Waals surface area contributed by atoms with Gasteiger partial charge in [0.2, 0.25) is 5.91 Å². The largest absolute Gasteiger partial charge is 0.490 e. The van der Waals surface area contributed by atoms with Gasteiger partial charge < -0.3 is 29.4 Å². The number of amides is 3. The van der Waals surface area contributed by atoms with Gasteiger partial charge in [0.1, 0.15) is 12.3 Å². The van der Waals surface area contributed by atoms with Gasteiger partial charge in [-0.2, -0.15) is 8.62 Å². The van der Waals surface area contributed by atoms with Crippen molar-refractivity contribution in [3.63, 3.8) is 0 Å². The van der Waals surface area contributed by atoms with Crippen LogP contribution < -0.4 is 5.32 Å². The number of aliphatic hydroxyl groups excluding tert-OH is 1. The van der Waals surface area contributed by atoms with Gasteiger partial charge in [-0.05, 0) is 0 Å². The molecule has 6 N–H and O–H groups in total. The summed E-state index contributed by atoms with van der Waals surface area (Å²) in [5.74, 6) is -1.02. The number of imide groups is 1. The molecule has 0 aromatic heterocycles. The first-order valence-electron chi connectivity index (χ1n) is 7.82. The van der Waals surface area contributed by atoms with E-state index in [-0.39, 0.29) is 42.5 Å². The molecule has 6 atom stereocenters. The first-order valence-corrected chi connectivity index (χ1v) is 12.3. The smallest absolute Gasteiger partial charge is 0.390 e. The summed E-state index contributed by atoms with van der Waals surface area (Å²) in [6.07, 6.45) is -3.67. The molecule has 30 heavy (non-hydrogen) atoms. The third kappa shape index (κ3) is 8.32. The van der Waals surface area contributed by atoms with Crippen LogP contribution in [0.3, 0.4) is 0 Å². The SMILES string of the molecule is CC1CN(C2CC(O)C(COP(=O)(O)OP(=O)(O)OP(=O)(O)O)O2)C(=O)NC1=O.[Na]. The van der Waals surface area contributed by atoms with Gasteiger partial charge >= 0.3 is 29.5 Å². The Labute approximate surface area is 191 Å². The molecule has 0 aliphatic carbocycles. The first kappa shape index (κ1) is 28.3. The standard InChI is InChI=1S/C10H19N2O14P3.Na/c1-5-3-12(10(15)11-9(5)14)8-2-6(13)7(24-8)4-23-28(19,20)26-29(21,22)25-27(16,17)18;/h5-8,13H,2-4H2,1H3,(H,19,20)(H,21,22)(H,11,14,15)(H2,16,17,18);. The van der Waals surface area contributed by atoms with Crippen LogP contribution in [0.4, 0.5) is 4.79 Å². The van der Waals surface area contributed by atoms with Gasteiger partial charge in [-0.15, -0.1) is 0 Å². The Morgan fingerprint density at radius 2 is 1.73 bits per heavy atom. The first-order chi connectivity index (χ1) is 13.1. The molecule has 2 aliphatic heterocycles. The molecule has 2 saturated heterocycles. The van der Waals surface area contributed by atoms with Crippen LogP contribution in [0.1, 0.15) is 13.3 Å². The summed E-state index contributed by atoms with van der Waals surface area (Å²) in [6, 6.07) is -0.751. The number of nitrogens with one attached hydrogen (secondary N) is 1. The van der Waals surface area contributed by atoms with Gasteiger partial charge in [0.05, 0.1) is 18.6 Å². The molecule has 1 radical (unpaired) electrons. The number of hydrogen-bond acceptors (Lipinski definition) is 10. The monoisotopic (exact) mass is 507 g/mol. The predicted molar refractivity (Wildman–Crippen MR) is 94.3 cm³/mol. The van der Waals surface area contributed by atoms with Crippen molar-refractivity contribution in [3.05, 3.63) is 0 Å². The van der Waals surface area contributed by atoms with E-state index >= 15 is 0 Å². The fourth-order valence-electron chi connectivity index (χ4n) is 2.54. The molecule has 0 saturated carbocycles. The van der Waals surface area contributed by atoms with E-state index in [2.05, 4.69) is 18.5 Å². The van der Waals surface area contributed by atoms with E-state index < -0.39 is 66.4 Å². The van der Waals surface area contributed by atoms with Gasteiger partial charge in [0.25, 0.3) is 0 Å². The Kier molecular flexibility index (Phi) is 9.88. The number of rotatable bonds is 8. The Balaban J connectivity index is 0.00000450. The average molecular weight is 507 g/mol. The number of carbonyl (C=O) groups excluding carboxylic acids is 2. The summed E-state index contributed by atoms with van der Waals surface area (Å²) in [5.41, 5.74) is 0. The summed E-state index contributed by atoms with van der Waals surface area (Å²) in [5, 5.41) is 12.1. The molecule has 20 heteroatoms. The van der Waals surface area contributed by atoms with Crippen molar-refractivity contribution in [2.24, 2.45) is 5.92 Å². The van der Waals surface area contributed by atoms with Crippen molar-refractivity contribution >= 4 is 65.0 Å². The van der Waals surface area contributed by atoms with Gasteiger partial charge in [0, 0.05) is 42.5 Å². The topological polar surface area (TPSA) is 239 Å². The maximum absolute atomic E-state index is 11.9. The number of nitrogens with zero attached hydrogens (tertiary/aromatic N) is 1. The zero-order chi connectivity index (χ0) is 22.2. The molecule has 0 bridgehead atoms. The quantitative estimate of drug-likeness (QED) is 0.164. The van der Waals surface area contributed by atoms with E-state index in [1.807, 2.05) is 0 Å². The summed E-state index contributed by atoms with van der Waals surface area (Å²) < 4.78 is 50.4. The molecule has 2 fully saturated rings. The van der Waals surface area contributed by atoms with E-state index in [9.17, 15) is 33.3 Å². The van der Waals surface area contributed by atoms with Crippen molar-refractivity contribution in [2.45, 2.75) is 31.8 Å². The normalized spacial score (nSPS) is 31.5. The molecule has 2 rings (SSSR count). The second-order valence-electron chi connectivity index (χ2n) is 6.17. The molecule has 6 unspecified atom stereocenters. The summed E-state index contributed by atoms with van der Waals surface area (Å²) >= 11 is 0. The minimum atomic E-state index is -5.66. The van der Waals surface area contributed by atoms with Gasteiger partial charge in [-0.3, -0.25) is 19.5 Å². The molecule has 2 aliphatic rings. The summed E-state index contributed by atoms with van der Waals surface area (Å²) in [4.78, 5) is 59.9. The molecular weight excluding hydrogens is 488 g/mol. The Hall–Kier alpha value is 0.270. The average Bonchev–Trinajstić information content (AvgIpc) is 2.86. The molecule has 0 aromatic rings. The zero-order valence-electron chi connectivity index (χ0n) is 15.6. The molecule has 16 nitrogen and oxygen atoms in total. The third-order valence-electron chi connectivity index (χ3n) is 3.78. The van der Waals surface area contributed by atoms with Gasteiger partial charge in [-0.25, -0.2) is 18.5 Å². The van der Waals surface area contributed by atoms with Crippen LogP contribution in [-0.4, -0.2) is 103 Å². The molecule has 0 spiro atoms.